The molecule has 0 bridgehead atoms. The van der Waals surface area contributed by atoms with Crippen molar-refractivity contribution in [3.63, 3.8) is 0 Å². The van der Waals surface area contributed by atoms with Gasteiger partial charge in [-0.1, -0.05) is 140 Å². The van der Waals surface area contributed by atoms with Gasteiger partial charge in [-0.15, -0.1) is 11.0 Å². The second-order valence-corrected chi connectivity index (χ2v) is 12.8. The Morgan fingerprint density at radius 1 is 0.488 bits per heavy atom. The smallest absolute Gasteiger partial charge is 0.0156 e. The van der Waals surface area contributed by atoms with E-state index in [1.807, 2.05) is 12.1 Å². The van der Waals surface area contributed by atoms with Crippen molar-refractivity contribution in [3.05, 3.63) is 114 Å². The summed E-state index contributed by atoms with van der Waals surface area (Å²) in [5, 5.41) is 2.50. The number of fused-ring (bicyclic) bond motifs is 3. The molecular weight excluding hydrogens is 707 g/mol. The van der Waals surface area contributed by atoms with Gasteiger partial charge < -0.3 is 14.8 Å². The first-order chi connectivity index (χ1) is 20.2. The van der Waals surface area contributed by atoms with Gasteiger partial charge in [-0.25, -0.2) is 0 Å². The van der Waals surface area contributed by atoms with Crippen molar-refractivity contribution in [2.24, 2.45) is 0 Å². The van der Waals surface area contributed by atoms with E-state index in [0.717, 1.165) is 24.1 Å². The summed E-state index contributed by atoms with van der Waals surface area (Å²) < 4.78 is 0. The van der Waals surface area contributed by atoms with Gasteiger partial charge >= 0.3 is 0 Å². The molecule has 6 rings (SSSR count). The van der Waals surface area contributed by atoms with Crippen LogP contribution < -0.4 is 14.8 Å². The molecule has 0 aliphatic carbocycles. The number of hydrogen-bond donors (Lipinski definition) is 0. The van der Waals surface area contributed by atoms with Crippen LogP contribution in [0.5, 0.6) is 0 Å². The Morgan fingerprint density at radius 3 is 1.14 bits per heavy atom. The molecule has 0 atom stereocenters. The van der Waals surface area contributed by atoms with Crippen molar-refractivity contribution >= 4 is 33.2 Å². The fraction of sp³-hybridized carbons (Fsp3) is 0.359. The monoisotopic (exact) mass is 754 g/mol. The van der Waals surface area contributed by atoms with Crippen LogP contribution in [0.1, 0.15) is 101 Å². The second-order valence-electron chi connectivity index (χ2n) is 12.8. The molecule has 1 aromatic heterocycles. The zero-order chi connectivity index (χ0) is 30.0. The molecule has 0 unspecified atom stereocenters. The van der Waals surface area contributed by atoms with Gasteiger partial charge in [0.1, 0.15) is 0 Å². The first-order valence-electron chi connectivity index (χ1n) is 15.7. The summed E-state index contributed by atoms with van der Waals surface area (Å²) in [6.07, 6.45) is 0. The van der Waals surface area contributed by atoms with Crippen LogP contribution in [0.4, 0.5) is 11.4 Å². The van der Waals surface area contributed by atoms with Gasteiger partial charge in [-0.05, 0) is 56.7 Å². The van der Waals surface area contributed by atoms with Gasteiger partial charge in [0.25, 0.3) is 0 Å². The molecule has 1 fully saturated rings. The van der Waals surface area contributed by atoms with Crippen molar-refractivity contribution in [1.82, 2.24) is 4.98 Å². The fourth-order valence-electron chi connectivity index (χ4n) is 6.25. The van der Waals surface area contributed by atoms with Gasteiger partial charge in [-0.3, -0.25) is 0 Å². The standard InChI is InChI=1S/C27H39N2.C12H8N.Au/c1-18(2)22-11-9-12-23(19(3)4)26(22)28-15-16-29(17-28)27-24(20(5)6)13-10-14-25(27)21(7)8;1-3-7-11-9(5-1)10-6-2-4-8-12(10)13-11;/h9-14,17-21H,15-16H2,1-8H3;1-8H;/q2*-1;. The van der Waals surface area contributed by atoms with Gasteiger partial charge in [0, 0.05) is 46.8 Å². The largest absolute Gasteiger partial charge is 0.657 e. The molecule has 231 valence electrons. The summed E-state index contributed by atoms with van der Waals surface area (Å²) in [5.41, 5.74) is 10.8. The Morgan fingerprint density at radius 2 is 0.814 bits per heavy atom. The third kappa shape index (κ3) is 6.90. The molecule has 0 saturated carbocycles. The van der Waals surface area contributed by atoms with Crippen molar-refractivity contribution in [1.29, 1.82) is 0 Å². The van der Waals surface area contributed by atoms with E-state index in [2.05, 4.69) is 150 Å². The summed E-state index contributed by atoms with van der Waals surface area (Å²) >= 11 is 0. The molecule has 1 saturated heterocycles. The number of nitrogens with zero attached hydrogens (tertiary/aromatic N) is 3. The molecule has 3 nitrogen and oxygen atoms in total. The van der Waals surface area contributed by atoms with Crippen LogP contribution in [-0.2, 0) is 22.4 Å². The van der Waals surface area contributed by atoms with E-state index in [1.54, 1.807) is 0 Å². The van der Waals surface area contributed by atoms with E-state index < -0.39 is 0 Å². The normalized spacial score (nSPS) is 13.4. The molecule has 4 heteroatoms. The zero-order valence-electron chi connectivity index (χ0n) is 27.0. The van der Waals surface area contributed by atoms with Gasteiger partial charge in [0.2, 0.25) is 0 Å². The van der Waals surface area contributed by atoms with Crippen LogP contribution in [0.25, 0.3) is 21.8 Å². The average molecular weight is 755 g/mol. The zero-order valence-corrected chi connectivity index (χ0v) is 29.2. The minimum absolute atomic E-state index is 0. The van der Waals surface area contributed by atoms with Crippen LogP contribution in [0.3, 0.4) is 0 Å². The van der Waals surface area contributed by atoms with E-state index in [-0.39, 0.29) is 22.4 Å². The van der Waals surface area contributed by atoms with Gasteiger partial charge in [0.15, 0.2) is 0 Å². The minimum atomic E-state index is 0. The molecule has 43 heavy (non-hydrogen) atoms. The number of benzene rings is 4. The first kappa shape index (κ1) is 32.9. The molecule has 0 spiro atoms. The molecule has 1 aliphatic rings. The van der Waals surface area contributed by atoms with E-state index in [0.29, 0.717) is 23.7 Å². The number of para-hydroxylation sites is 4. The Bertz CT molecular complexity index is 1470. The molecular formula is C39H47AuN3-2. The van der Waals surface area contributed by atoms with Gasteiger partial charge in [-0.2, -0.15) is 6.67 Å². The molecule has 1 aliphatic heterocycles. The number of hydrogen-bond acceptors (Lipinski definition) is 2. The van der Waals surface area contributed by atoms with Crippen molar-refractivity contribution < 1.29 is 22.4 Å². The Hall–Kier alpha value is -2.98. The first-order valence-corrected chi connectivity index (χ1v) is 15.7. The molecule has 0 N–H and O–H groups in total. The minimum Gasteiger partial charge on any atom is -0.657 e. The van der Waals surface area contributed by atoms with Crippen LogP contribution in [0, 0.1) is 6.67 Å². The summed E-state index contributed by atoms with van der Waals surface area (Å²) in [5.74, 6) is 2.06. The van der Waals surface area contributed by atoms with Crippen LogP contribution in [0.2, 0.25) is 0 Å². The molecule has 5 aromatic rings. The van der Waals surface area contributed by atoms with Crippen molar-refractivity contribution in [2.45, 2.75) is 79.1 Å². The number of rotatable bonds is 6. The Kier molecular flexibility index (Phi) is 10.9. The predicted octanol–water partition coefficient (Wildman–Crippen LogP) is 10.6. The number of aromatic nitrogens is 1. The fourth-order valence-corrected chi connectivity index (χ4v) is 6.25. The maximum Gasteiger partial charge on any atom is 0.0156 e. The molecule has 4 aromatic carbocycles. The van der Waals surface area contributed by atoms with Crippen LogP contribution in [-0.4, -0.2) is 13.1 Å². The van der Waals surface area contributed by atoms with Crippen LogP contribution >= 0.6 is 0 Å². The quantitative estimate of drug-likeness (QED) is 0.127. The third-order valence-electron chi connectivity index (χ3n) is 8.46. The molecule has 1 radical (unpaired) electrons. The van der Waals surface area contributed by atoms with Crippen LogP contribution in [0.15, 0.2) is 84.9 Å². The summed E-state index contributed by atoms with van der Waals surface area (Å²) in [7, 11) is 0. The topological polar surface area (TPSA) is 20.6 Å². The number of anilines is 2. The van der Waals surface area contributed by atoms with E-state index >= 15 is 0 Å². The average Bonchev–Trinajstić information content (AvgIpc) is 3.61. The van der Waals surface area contributed by atoms with Crippen molar-refractivity contribution in [2.75, 3.05) is 22.9 Å². The Balaban J connectivity index is 0.000000250. The van der Waals surface area contributed by atoms with Gasteiger partial charge in [0.05, 0.1) is 0 Å². The van der Waals surface area contributed by atoms with E-state index in [1.165, 1.54) is 44.4 Å². The van der Waals surface area contributed by atoms with E-state index in [9.17, 15) is 0 Å². The van der Waals surface area contributed by atoms with Crippen molar-refractivity contribution in [3.8, 4) is 0 Å². The third-order valence-corrected chi connectivity index (χ3v) is 8.46. The maximum atomic E-state index is 4.52. The Labute approximate surface area is 275 Å². The summed E-state index contributed by atoms with van der Waals surface area (Å²) in [4.78, 5) is 9.53. The summed E-state index contributed by atoms with van der Waals surface area (Å²) in [6, 6.07) is 30.2. The molecule has 0 amide bonds. The molecule has 2 heterocycles. The SMILES string of the molecule is CC(C)c1cccc(C(C)C)c1N1[CH-]N(c2c(C(C)C)cccc2C(C)C)CC1.[Au].c1ccc2c(c1)[n-]c1ccccc12. The second kappa shape index (κ2) is 14.2. The summed E-state index contributed by atoms with van der Waals surface area (Å²) in [6.45, 7) is 22.9. The maximum absolute atomic E-state index is 4.52. The predicted molar refractivity (Wildman–Crippen MR) is 183 cm³/mol. The van der Waals surface area contributed by atoms with E-state index in [4.69, 9.17) is 0 Å².